The maximum atomic E-state index is 9.71. The largest absolute Gasteiger partial charge is 0.394 e. The van der Waals surface area contributed by atoms with E-state index in [0.29, 0.717) is 0 Å². The van der Waals surface area contributed by atoms with Crippen molar-refractivity contribution in [2.24, 2.45) is 0 Å². The minimum absolute atomic E-state index is 0.0941. The summed E-state index contributed by atoms with van der Waals surface area (Å²) in [5.74, 6) is 0.965. The molecule has 0 fully saturated rings. The second-order valence-corrected chi connectivity index (χ2v) is 6.50. The summed E-state index contributed by atoms with van der Waals surface area (Å²) in [4.78, 5) is 9.03. The number of fused-ring (bicyclic) bond motifs is 1. The molecule has 1 aliphatic rings. The number of halogens is 1. The number of rotatable bonds is 3. The molecule has 2 heterocycles. The SMILES string of the molecule is CN1c2ncccc2CN(Cc2ccc(Cl)cc2)CCC1CO. The lowest BCUT2D eigenvalue weighted by Crippen LogP contribution is -2.41. The Labute approximate surface area is 142 Å². The highest BCUT2D eigenvalue weighted by molar-refractivity contribution is 6.30. The Hall–Kier alpha value is -1.62. The van der Waals surface area contributed by atoms with Gasteiger partial charge in [-0.05, 0) is 30.2 Å². The van der Waals surface area contributed by atoms with Crippen molar-refractivity contribution < 1.29 is 5.11 Å². The number of anilines is 1. The van der Waals surface area contributed by atoms with Gasteiger partial charge in [0.05, 0.1) is 12.6 Å². The Morgan fingerprint density at radius 1 is 1.26 bits per heavy atom. The molecule has 3 rings (SSSR count). The second kappa shape index (κ2) is 7.30. The zero-order valence-electron chi connectivity index (χ0n) is 13.3. The van der Waals surface area contributed by atoms with Gasteiger partial charge in [0.1, 0.15) is 5.82 Å². The van der Waals surface area contributed by atoms with Crippen LogP contribution in [-0.4, -0.2) is 41.2 Å². The van der Waals surface area contributed by atoms with Crippen LogP contribution in [0.2, 0.25) is 5.02 Å². The third-order valence-corrected chi connectivity index (χ3v) is 4.70. The normalized spacial score (nSPS) is 19.1. The molecule has 1 aliphatic heterocycles. The van der Waals surface area contributed by atoms with Crippen molar-refractivity contribution in [2.45, 2.75) is 25.6 Å². The van der Waals surface area contributed by atoms with Gasteiger partial charge < -0.3 is 10.0 Å². The highest BCUT2D eigenvalue weighted by Crippen LogP contribution is 2.25. The molecule has 4 nitrogen and oxygen atoms in total. The molecule has 1 atom stereocenters. The summed E-state index contributed by atoms with van der Waals surface area (Å²) in [6, 6.07) is 12.2. The molecule has 0 bridgehead atoms. The van der Waals surface area contributed by atoms with Crippen molar-refractivity contribution in [1.29, 1.82) is 0 Å². The fourth-order valence-electron chi connectivity index (χ4n) is 3.09. The van der Waals surface area contributed by atoms with E-state index in [1.54, 1.807) is 0 Å². The highest BCUT2D eigenvalue weighted by atomic mass is 35.5. The molecule has 1 unspecified atom stereocenters. The minimum atomic E-state index is 0.0941. The quantitative estimate of drug-likeness (QED) is 0.938. The van der Waals surface area contributed by atoms with Gasteiger partial charge in [-0.25, -0.2) is 4.98 Å². The minimum Gasteiger partial charge on any atom is -0.394 e. The molecular formula is C18H22ClN3O. The number of hydrogen-bond acceptors (Lipinski definition) is 4. The number of pyridine rings is 1. The summed E-state index contributed by atoms with van der Waals surface area (Å²) in [6.45, 7) is 2.80. The van der Waals surface area contributed by atoms with Crippen LogP contribution in [0.1, 0.15) is 17.5 Å². The van der Waals surface area contributed by atoms with Gasteiger partial charge in [-0.1, -0.05) is 29.8 Å². The van der Waals surface area contributed by atoms with Gasteiger partial charge in [0.15, 0.2) is 0 Å². The lowest BCUT2D eigenvalue weighted by molar-refractivity contribution is 0.205. The zero-order chi connectivity index (χ0) is 16.2. The van der Waals surface area contributed by atoms with Gasteiger partial charge in [0.25, 0.3) is 0 Å². The van der Waals surface area contributed by atoms with Crippen LogP contribution in [0.3, 0.4) is 0 Å². The number of hydrogen-bond donors (Lipinski definition) is 1. The topological polar surface area (TPSA) is 39.6 Å². The predicted molar refractivity (Wildman–Crippen MR) is 93.7 cm³/mol. The first-order valence-corrected chi connectivity index (χ1v) is 8.29. The van der Waals surface area contributed by atoms with Crippen molar-refractivity contribution in [1.82, 2.24) is 9.88 Å². The molecule has 1 aromatic heterocycles. The maximum absolute atomic E-state index is 9.71. The monoisotopic (exact) mass is 331 g/mol. The van der Waals surface area contributed by atoms with Gasteiger partial charge >= 0.3 is 0 Å². The molecule has 1 N–H and O–H groups in total. The molecule has 23 heavy (non-hydrogen) atoms. The number of aliphatic hydroxyl groups is 1. The van der Waals surface area contributed by atoms with Gasteiger partial charge in [-0.15, -0.1) is 0 Å². The van der Waals surface area contributed by atoms with E-state index < -0.39 is 0 Å². The summed E-state index contributed by atoms with van der Waals surface area (Å²) in [5.41, 5.74) is 2.44. The molecule has 122 valence electrons. The fourth-order valence-corrected chi connectivity index (χ4v) is 3.21. The number of likely N-dealkylation sites (N-methyl/N-ethyl adjacent to an activating group) is 1. The van der Waals surface area contributed by atoms with Crippen molar-refractivity contribution in [3.8, 4) is 0 Å². The Bertz CT molecular complexity index is 647. The first-order valence-electron chi connectivity index (χ1n) is 7.92. The average molecular weight is 332 g/mol. The molecular weight excluding hydrogens is 310 g/mol. The number of benzene rings is 1. The molecule has 0 amide bonds. The van der Waals surface area contributed by atoms with E-state index in [1.165, 1.54) is 11.1 Å². The third-order valence-electron chi connectivity index (χ3n) is 4.45. The van der Waals surface area contributed by atoms with Crippen LogP contribution < -0.4 is 4.90 Å². The first kappa shape index (κ1) is 16.2. The lowest BCUT2D eigenvalue weighted by atomic mass is 10.1. The molecule has 1 aromatic carbocycles. The van der Waals surface area contributed by atoms with Crippen LogP contribution in [0.5, 0.6) is 0 Å². The highest BCUT2D eigenvalue weighted by Gasteiger charge is 2.23. The van der Waals surface area contributed by atoms with E-state index in [-0.39, 0.29) is 12.6 Å². The summed E-state index contributed by atoms with van der Waals surface area (Å²) >= 11 is 5.97. The smallest absolute Gasteiger partial charge is 0.133 e. The zero-order valence-corrected chi connectivity index (χ0v) is 14.1. The number of nitrogens with zero attached hydrogens (tertiary/aromatic N) is 3. The Kier molecular flexibility index (Phi) is 5.16. The van der Waals surface area contributed by atoms with Crippen molar-refractivity contribution in [3.63, 3.8) is 0 Å². The van der Waals surface area contributed by atoms with Gasteiger partial charge in [-0.2, -0.15) is 0 Å². The van der Waals surface area contributed by atoms with E-state index in [9.17, 15) is 5.11 Å². The predicted octanol–water partition coefficient (Wildman–Crippen LogP) is 2.94. The lowest BCUT2D eigenvalue weighted by Gasteiger charge is -2.35. The van der Waals surface area contributed by atoms with Crippen LogP contribution in [-0.2, 0) is 13.1 Å². The second-order valence-electron chi connectivity index (χ2n) is 6.06. The van der Waals surface area contributed by atoms with E-state index >= 15 is 0 Å². The van der Waals surface area contributed by atoms with Crippen LogP contribution in [0, 0.1) is 0 Å². The molecule has 0 saturated carbocycles. The van der Waals surface area contributed by atoms with Crippen LogP contribution in [0.25, 0.3) is 0 Å². The molecule has 0 spiro atoms. The Morgan fingerprint density at radius 3 is 2.78 bits per heavy atom. The fraction of sp³-hybridized carbons (Fsp3) is 0.389. The number of aliphatic hydroxyl groups excluding tert-OH is 1. The van der Waals surface area contributed by atoms with Gasteiger partial charge in [0, 0.05) is 43.5 Å². The maximum Gasteiger partial charge on any atom is 0.133 e. The molecule has 2 aromatic rings. The molecule has 0 radical (unpaired) electrons. The van der Waals surface area contributed by atoms with Crippen LogP contribution >= 0.6 is 11.6 Å². The van der Waals surface area contributed by atoms with Crippen LogP contribution in [0.15, 0.2) is 42.6 Å². The summed E-state index contributed by atoms with van der Waals surface area (Å²) in [6.07, 6.45) is 2.73. The number of aromatic nitrogens is 1. The first-order chi connectivity index (χ1) is 11.2. The Morgan fingerprint density at radius 2 is 2.04 bits per heavy atom. The standard InChI is InChI=1S/C18H22ClN3O/c1-21-17(13-23)8-10-22(11-14-4-6-16(19)7-5-14)12-15-3-2-9-20-18(15)21/h2-7,9,17,23H,8,10-13H2,1H3. The average Bonchev–Trinajstić information content (AvgIpc) is 2.56. The summed E-state index contributed by atoms with van der Waals surface area (Å²) in [7, 11) is 2.02. The van der Waals surface area contributed by atoms with E-state index in [2.05, 4.69) is 33.0 Å². The summed E-state index contributed by atoms with van der Waals surface area (Å²) < 4.78 is 0. The Balaban J connectivity index is 1.83. The van der Waals surface area contributed by atoms with Crippen molar-refractivity contribution in [3.05, 3.63) is 58.7 Å². The molecule has 5 heteroatoms. The molecule has 0 aliphatic carbocycles. The van der Waals surface area contributed by atoms with E-state index in [4.69, 9.17) is 11.6 Å². The van der Waals surface area contributed by atoms with E-state index in [0.717, 1.165) is 36.9 Å². The molecule has 0 saturated heterocycles. The van der Waals surface area contributed by atoms with Gasteiger partial charge in [0.2, 0.25) is 0 Å². The van der Waals surface area contributed by atoms with Crippen molar-refractivity contribution in [2.75, 3.05) is 25.1 Å². The third kappa shape index (κ3) is 3.83. The van der Waals surface area contributed by atoms with Crippen molar-refractivity contribution >= 4 is 17.4 Å². The van der Waals surface area contributed by atoms with Gasteiger partial charge in [-0.3, -0.25) is 4.90 Å². The summed E-state index contributed by atoms with van der Waals surface area (Å²) in [5, 5.41) is 10.5. The van der Waals surface area contributed by atoms with Crippen LogP contribution in [0.4, 0.5) is 5.82 Å². The van der Waals surface area contributed by atoms with E-state index in [1.807, 2.05) is 31.4 Å².